The number of carbonyl (C=O) groups is 1. The second-order valence-electron chi connectivity index (χ2n) is 7.86. The number of aromatic nitrogens is 4. The van der Waals surface area contributed by atoms with Crippen molar-refractivity contribution in [2.45, 2.75) is 58.8 Å². The van der Waals surface area contributed by atoms with E-state index in [4.69, 9.17) is 14.0 Å². The lowest BCUT2D eigenvalue weighted by Gasteiger charge is -2.13. The van der Waals surface area contributed by atoms with E-state index in [1.54, 1.807) is 18.3 Å². The molecule has 1 saturated carbocycles. The van der Waals surface area contributed by atoms with E-state index in [-0.39, 0.29) is 30.4 Å². The van der Waals surface area contributed by atoms with Crippen molar-refractivity contribution >= 4 is 5.91 Å². The Morgan fingerprint density at radius 1 is 1.19 bits per heavy atom. The summed E-state index contributed by atoms with van der Waals surface area (Å²) in [5, 5.41) is 15.2. The number of nitrogens with zero attached hydrogens (tertiary/aromatic N) is 4. The Kier molecular flexibility index (Phi) is 6.75. The zero-order chi connectivity index (χ0) is 22.5. The Morgan fingerprint density at radius 2 is 2.06 bits per heavy atom. The summed E-state index contributed by atoms with van der Waals surface area (Å²) in [7, 11) is 0. The molecule has 0 spiro atoms. The first-order valence-corrected chi connectivity index (χ1v) is 10.8. The summed E-state index contributed by atoms with van der Waals surface area (Å²) in [6.45, 7) is 6.64. The number of aryl methyl sites for hydroxylation is 2. The molecule has 1 amide bonds. The van der Waals surface area contributed by atoms with Crippen LogP contribution in [0.2, 0.25) is 0 Å². The first-order valence-electron chi connectivity index (χ1n) is 10.8. The van der Waals surface area contributed by atoms with Crippen LogP contribution in [0.15, 0.2) is 35.0 Å². The van der Waals surface area contributed by atoms with E-state index in [0.717, 1.165) is 36.1 Å². The number of rotatable bonds is 8. The fraction of sp³-hybridized carbons (Fsp3) is 0.435. The van der Waals surface area contributed by atoms with Crippen LogP contribution in [0.1, 0.15) is 53.7 Å². The van der Waals surface area contributed by atoms with Crippen molar-refractivity contribution < 1.29 is 18.8 Å². The second kappa shape index (κ2) is 9.86. The molecule has 1 N–H and O–H groups in total. The third-order valence-corrected chi connectivity index (χ3v) is 5.53. The first-order chi connectivity index (χ1) is 15.5. The molecule has 0 aromatic carbocycles. The molecule has 168 valence electrons. The van der Waals surface area contributed by atoms with Gasteiger partial charge in [-0.2, -0.15) is 0 Å². The van der Waals surface area contributed by atoms with Crippen LogP contribution in [-0.4, -0.2) is 45.0 Å². The van der Waals surface area contributed by atoms with E-state index in [1.807, 2.05) is 32.9 Å². The molecule has 3 aromatic heterocycles. The molecule has 4 rings (SSSR count). The number of pyridine rings is 1. The Labute approximate surface area is 186 Å². The van der Waals surface area contributed by atoms with Crippen LogP contribution in [0.3, 0.4) is 0 Å². The van der Waals surface area contributed by atoms with E-state index in [0.29, 0.717) is 23.9 Å². The standard InChI is InChI=1S/C23H27N5O4/c1-4-30-18-8-7-17(11-18)25-23(29)20-9-10-21(27-26-20)31-13-19-15(3)32-28-22(19)16-6-5-14(2)24-12-16/h5-6,9-10,12,17-18H,4,7-8,11,13H2,1-3H3,(H,25,29)/t17-,18-/m1/s1. The SMILES string of the molecule is CCO[C@@H]1CC[C@@H](NC(=O)c2ccc(OCc3c(-c4ccc(C)nc4)noc3C)nn2)C1. The maximum atomic E-state index is 12.5. The van der Waals surface area contributed by atoms with Crippen molar-refractivity contribution in [3.05, 3.63) is 53.2 Å². The Balaban J connectivity index is 1.35. The van der Waals surface area contributed by atoms with Crippen LogP contribution in [0.25, 0.3) is 11.3 Å². The topological polar surface area (TPSA) is 112 Å². The average Bonchev–Trinajstić information content (AvgIpc) is 3.39. The highest BCUT2D eigenvalue weighted by atomic mass is 16.5. The van der Waals surface area contributed by atoms with Crippen LogP contribution < -0.4 is 10.1 Å². The molecule has 3 heterocycles. The van der Waals surface area contributed by atoms with Crippen molar-refractivity contribution in [2.24, 2.45) is 0 Å². The van der Waals surface area contributed by atoms with Gasteiger partial charge in [-0.25, -0.2) is 0 Å². The number of amides is 1. The molecule has 3 aromatic rings. The summed E-state index contributed by atoms with van der Waals surface area (Å²) < 4.78 is 16.8. The molecule has 1 aliphatic rings. The molecular weight excluding hydrogens is 410 g/mol. The predicted octanol–water partition coefficient (Wildman–Crippen LogP) is 3.41. The Morgan fingerprint density at radius 3 is 2.78 bits per heavy atom. The fourth-order valence-electron chi connectivity index (χ4n) is 3.78. The van der Waals surface area contributed by atoms with Crippen molar-refractivity contribution in [3.63, 3.8) is 0 Å². The predicted molar refractivity (Wildman–Crippen MR) is 116 cm³/mol. The lowest BCUT2D eigenvalue weighted by molar-refractivity contribution is 0.0660. The molecule has 0 aliphatic heterocycles. The van der Waals surface area contributed by atoms with Crippen molar-refractivity contribution in [1.29, 1.82) is 0 Å². The number of hydrogen-bond acceptors (Lipinski definition) is 8. The molecule has 0 saturated heterocycles. The van der Waals surface area contributed by atoms with Gasteiger partial charge in [0, 0.05) is 36.2 Å². The van der Waals surface area contributed by atoms with E-state index >= 15 is 0 Å². The zero-order valence-electron chi connectivity index (χ0n) is 18.5. The summed E-state index contributed by atoms with van der Waals surface area (Å²) in [6.07, 6.45) is 4.66. The summed E-state index contributed by atoms with van der Waals surface area (Å²) in [5.41, 5.74) is 3.52. The average molecular weight is 438 g/mol. The summed E-state index contributed by atoms with van der Waals surface area (Å²) in [5.74, 6) is 0.731. The van der Waals surface area contributed by atoms with Crippen molar-refractivity contribution in [2.75, 3.05) is 6.61 Å². The Bertz CT molecular complexity index is 1050. The van der Waals surface area contributed by atoms with Crippen LogP contribution in [0, 0.1) is 13.8 Å². The molecule has 1 fully saturated rings. The summed E-state index contributed by atoms with van der Waals surface area (Å²) in [4.78, 5) is 16.8. The van der Waals surface area contributed by atoms with Gasteiger partial charge < -0.3 is 19.3 Å². The minimum absolute atomic E-state index is 0.100. The molecule has 0 radical (unpaired) electrons. The van der Waals surface area contributed by atoms with Crippen LogP contribution in [0.4, 0.5) is 0 Å². The van der Waals surface area contributed by atoms with Gasteiger partial charge in [-0.05, 0) is 58.2 Å². The first kappa shape index (κ1) is 21.9. The highest BCUT2D eigenvalue weighted by molar-refractivity contribution is 5.92. The minimum atomic E-state index is -0.241. The maximum absolute atomic E-state index is 12.5. The van der Waals surface area contributed by atoms with Crippen LogP contribution in [-0.2, 0) is 11.3 Å². The van der Waals surface area contributed by atoms with E-state index in [9.17, 15) is 4.79 Å². The minimum Gasteiger partial charge on any atom is -0.472 e. The number of ether oxygens (including phenoxy) is 2. The summed E-state index contributed by atoms with van der Waals surface area (Å²) in [6, 6.07) is 7.20. The van der Waals surface area contributed by atoms with E-state index in [1.165, 1.54) is 0 Å². The van der Waals surface area contributed by atoms with Gasteiger partial charge in [0.05, 0.1) is 11.7 Å². The summed E-state index contributed by atoms with van der Waals surface area (Å²) >= 11 is 0. The zero-order valence-corrected chi connectivity index (χ0v) is 18.5. The van der Waals surface area contributed by atoms with Gasteiger partial charge >= 0.3 is 0 Å². The van der Waals surface area contributed by atoms with Crippen LogP contribution >= 0.6 is 0 Å². The normalized spacial score (nSPS) is 18.0. The molecule has 9 nitrogen and oxygen atoms in total. The highest BCUT2D eigenvalue weighted by Gasteiger charge is 2.26. The smallest absolute Gasteiger partial charge is 0.272 e. The lowest BCUT2D eigenvalue weighted by Crippen LogP contribution is -2.34. The quantitative estimate of drug-likeness (QED) is 0.571. The van der Waals surface area contributed by atoms with E-state index in [2.05, 4.69) is 25.7 Å². The third-order valence-electron chi connectivity index (χ3n) is 5.53. The number of hydrogen-bond donors (Lipinski definition) is 1. The fourth-order valence-corrected chi connectivity index (χ4v) is 3.78. The highest BCUT2D eigenvalue weighted by Crippen LogP contribution is 2.26. The molecule has 32 heavy (non-hydrogen) atoms. The molecule has 0 bridgehead atoms. The van der Waals surface area contributed by atoms with Crippen LogP contribution in [0.5, 0.6) is 5.88 Å². The van der Waals surface area contributed by atoms with Gasteiger partial charge in [-0.3, -0.25) is 9.78 Å². The molecular formula is C23H27N5O4. The van der Waals surface area contributed by atoms with Gasteiger partial charge in [-0.15, -0.1) is 10.2 Å². The van der Waals surface area contributed by atoms with E-state index < -0.39 is 0 Å². The van der Waals surface area contributed by atoms with Gasteiger partial charge in [0.1, 0.15) is 18.1 Å². The Hall–Kier alpha value is -3.33. The molecule has 9 heteroatoms. The van der Waals surface area contributed by atoms with Gasteiger partial charge in [0.2, 0.25) is 5.88 Å². The largest absolute Gasteiger partial charge is 0.472 e. The van der Waals surface area contributed by atoms with Gasteiger partial charge in [0.15, 0.2) is 5.69 Å². The second-order valence-corrected chi connectivity index (χ2v) is 7.86. The number of nitrogens with one attached hydrogen (secondary N) is 1. The monoisotopic (exact) mass is 437 g/mol. The van der Waals surface area contributed by atoms with Crippen molar-refractivity contribution in [3.8, 4) is 17.1 Å². The number of carbonyl (C=O) groups excluding carboxylic acids is 1. The van der Waals surface area contributed by atoms with Crippen molar-refractivity contribution in [1.82, 2.24) is 25.7 Å². The van der Waals surface area contributed by atoms with Gasteiger partial charge in [0.25, 0.3) is 5.91 Å². The molecule has 2 atom stereocenters. The lowest BCUT2D eigenvalue weighted by atomic mass is 10.1. The molecule has 1 aliphatic carbocycles. The third kappa shape index (κ3) is 5.11. The maximum Gasteiger partial charge on any atom is 0.272 e. The molecule has 0 unspecified atom stereocenters. The van der Waals surface area contributed by atoms with Gasteiger partial charge in [-0.1, -0.05) is 5.16 Å².